The topological polar surface area (TPSA) is 199 Å². The number of pyridine rings is 1. The predicted octanol–water partition coefficient (Wildman–Crippen LogP) is 2.73. The number of aliphatic hydroxyl groups is 5. The van der Waals surface area contributed by atoms with Gasteiger partial charge in [-0.1, -0.05) is 36.2 Å². The second-order valence-electron chi connectivity index (χ2n) is 13.2. The molecule has 2 fully saturated rings. The van der Waals surface area contributed by atoms with E-state index in [0.717, 1.165) is 75.7 Å². The van der Waals surface area contributed by atoms with Crippen molar-refractivity contribution in [1.29, 1.82) is 0 Å². The fraction of sp³-hybridized carbons (Fsp3) is 0.486. The molecule has 2 amide bonds. The Hall–Kier alpha value is -3.27. The van der Waals surface area contributed by atoms with Crippen LogP contribution >= 0.6 is 23.4 Å². The third kappa shape index (κ3) is 10.4. The van der Waals surface area contributed by atoms with Gasteiger partial charge in [0.1, 0.15) is 24.1 Å². The first-order valence-electron chi connectivity index (χ1n) is 17.3. The van der Waals surface area contributed by atoms with E-state index in [4.69, 9.17) is 27.2 Å². The Morgan fingerprint density at radius 3 is 2.51 bits per heavy atom. The van der Waals surface area contributed by atoms with E-state index < -0.39 is 49.4 Å². The van der Waals surface area contributed by atoms with E-state index in [-0.39, 0.29) is 12.1 Å². The van der Waals surface area contributed by atoms with Gasteiger partial charge < -0.3 is 46.2 Å². The second kappa shape index (κ2) is 18.0. The molecule has 0 radical (unpaired) electrons. The molecule has 2 aromatic carbocycles. The van der Waals surface area contributed by atoms with Crippen LogP contribution in [-0.4, -0.2) is 103 Å². The number of unbranched alkanes of at least 4 members (excludes halogenated alkanes) is 2. The van der Waals surface area contributed by atoms with Gasteiger partial charge >= 0.3 is 0 Å². The number of halogens is 1. The molecule has 12 nitrogen and oxygen atoms in total. The number of ether oxygens (including phenoxy) is 1. The lowest BCUT2D eigenvalue weighted by Crippen LogP contribution is -2.53. The van der Waals surface area contributed by atoms with Gasteiger partial charge in [0.2, 0.25) is 5.91 Å². The minimum Gasteiger partial charge on any atom is -0.490 e. The average molecular weight is 743 g/mol. The molecule has 276 valence electrons. The van der Waals surface area contributed by atoms with Gasteiger partial charge in [0.25, 0.3) is 5.91 Å². The number of primary amides is 1. The van der Waals surface area contributed by atoms with Crippen molar-refractivity contribution >= 4 is 35.2 Å². The molecule has 2 aliphatic rings. The molecule has 0 bridgehead atoms. The second-order valence-corrected chi connectivity index (χ2v) is 14.8. The molecule has 8 N–H and O–H groups in total. The maximum Gasteiger partial charge on any atom is 0.254 e. The molecule has 4 atom stereocenters. The number of amides is 2. The lowest BCUT2D eigenvalue weighted by molar-refractivity contribution is -0.159. The molecular formula is C37H47ClN4O8S. The first-order chi connectivity index (χ1) is 24.5. The molecule has 51 heavy (non-hydrogen) atoms. The Balaban J connectivity index is 1.12. The standard InChI is InChI=1S/C37H47ClN4O8S/c38-29-11-10-25(51-17-5-1-4-16-42(21-32(39)45)36(49)35(48)34(47)33(46)30(44)22-43)18-23(29)19-41-37(13-14-37)28-20-40-15-12-26(28)27-6-2-3-7-31(27)50-24-8-9-24/h2-3,6-7,10-12,15,18,20,24,30,33-35,41,43-44,46-48H,1,4-5,8-9,13-14,16-17,19,21-22H2,(H2,39,45). The van der Waals surface area contributed by atoms with Crippen LogP contribution in [0.5, 0.6) is 5.75 Å². The zero-order chi connectivity index (χ0) is 36.5. The van der Waals surface area contributed by atoms with Crippen LogP contribution in [0.2, 0.25) is 5.02 Å². The number of hydrogen-bond acceptors (Lipinski definition) is 11. The minimum absolute atomic E-state index is 0.0884. The maximum atomic E-state index is 12.8. The molecule has 4 unspecified atom stereocenters. The van der Waals surface area contributed by atoms with E-state index in [0.29, 0.717) is 30.5 Å². The van der Waals surface area contributed by atoms with Crippen LogP contribution in [0.3, 0.4) is 0 Å². The van der Waals surface area contributed by atoms with E-state index in [9.17, 15) is 30.0 Å². The molecule has 2 saturated carbocycles. The van der Waals surface area contributed by atoms with E-state index >= 15 is 0 Å². The number of aromatic nitrogens is 1. The number of hydrogen-bond donors (Lipinski definition) is 7. The molecule has 1 heterocycles. The zero-order valence-corrected chi connectivity index (χ0v) is 29.9. The zero-order valence-electron chi connectivity index (χ0n) is 28.4. The van der Waals surface area contributed by atoms with Crippen LogP contribution in [0.25, 0.3) is 11.1 Å². The summed E-state index contributed by atoms with van der Waals surface area (Å²) in [6.07, 6.45) is 2.33. The van der Waals surface area contributed by atoms with Gasteiger partial charge in [0, 0.05) is 46.5 Å². The van der Waals surface area contributed by atoms with Crippen LogP contribution < -0.4 is 15.8 Å². The summed E-state index contributed by atoms with van der Waals surface area (Å²) >= 11 is 8.34. The lowest BCUT2D eigenvalue weighted by Gasteiger charge is -2.29. The highest BCUT2D eigenvalue weighted by molar-refractivity contribution is 7.99. The van der Waals surface area contributed by atoms with Gasteiger partial charge in [-0.2, -0.15) is 0 Å². The van der Waals surface area contributed by atoms with Gasteiger partial charge in [-0.15, -0.1) is 11.8 Å². The Kier molecular flexibility index (Phi) is 13.7. The molecular weight excluding hydrogens is 696 g/mol. The van der Waals surface area contributed by atoms with Gasteiger partial charge in [-0.25, -0.2) is 0 Å². The summed E-state index contributed by atoms with van der Waals surface area (Å²) in [5, 5.41) is 53.2. The fourth-order valence-electron chi connectivity index (χ4n) is 5.96. The summed E-state index contributed by atoms with van der Waals surface area (Å²) in [6, 6.07) is 16.2. The number of aliphatic hydroxyl groups excluding tert-OH is 5. The SMILES string of the molecule is NC(=O)CN(CCCCCSc1ccc(Cl)c(CNC2(c3cnccc3-c3ccccc3OC3CC3)CC2)c1)C(=O)C(O)C(O)C(O)C(O)CO. The van der Waals surface area contributed by atoms with E-state index in [2.05, 4.69) is 28.5 Å². The number of rotatable bonds is 21. The number of thioether (sulfide) groups is 1. The summed E-state index contributed by atoms with van der Waals surface area (Å²) in [4.78, 5) is 30.9. The highest BCUT2D eigenvalue weighted by Gasteiger charge is 2.46. The number of carbonyl (C=O) groups excluding carboxylic acids is 2. The van der Waals surface area contributed by atoms with Crippen LogP contribution in [0.4, 0.5) is 0 Å². The molecule has 1 aromatic heterocycles. The summed E-state index contributed by atoms with van der Waals surface area (Å²) in [5.74, 6) is -0.126. The van der Waals surface area contributed by atoms with Crippen molar-refractivity contribution in [3.05, 3.63) is 77.1 Å². The lowest BCUT2D eigenvalue weighted by atomic mass is 9.94. The van der Waals surface area contributed by atoms with E-state index in [1.807, 2.05) is 42.7 Å². The Morgan fingerprint density at radius 1 is 1.04 bits per heavy atom. The Labute approximate surface area is 307 Å². The number of benzene rings is 2. The van der Waals surface area contributed by atoms with Crippen molar-refractivity contribution in [2.75, 3.05) is 25.4 Å². The van der Waals surface area contributed by atoms with E-state index in [1.54, 1.807) is 11.8 Å². The highest BCUT2D eigenvalue weighted by Crippen LogP contribution is 2.50. The molecule has 0 aliphatic heterocycles. The first kappa shape index (κ1) is 38.9. The van der Waals surface area contributed by atoms with Crippen molar-refractivity contribution in [1.82, 2.24) is 15.2 Å². The number of nitrogens with two attached hydrogens (primary N) is 1. The number of carbonyl (C=O) groups is 2. The van der Waals surface area contributed by atoms with Gasteiger partial charge in [0.05, 0.1) is 19.3 Å². The van der Waals surface area contributed by atoms with Crippen molar-refractivity contribution in [2.24, 2.45) is 5.73 Å². The quantitative estimate of drug-likeness (QED) is 0.0626. The van der Waals surface area contributed by atoms with Gasteiger partial charge in [0.15, 0.2) is 6.10 Å². The Morgan fingerprint density at radius 2 is 1.80 bits per heavy atom. The predicted molar refractivity (Wildman–Crippen MR) is 194 cm³/mol. The van der Waals surface area contributed by atoms with Crippen LogP contribution in [0, 0.1) is 0 Å². The number of nitrogens with one attached hydrogen (secondary N) is 1. The van der Waals surface area contributed by atoms with Crippen molar-refractivity contribution in [3.8, 4) is 16.9 Å². The van der Waals surface area contributed by atoms with Gasteiger partial charge in [-0.05, 0) is 91.3 Å². The monoisotopic (exact) mass is 742 g/mol. The molecule has 2 aliphatic carbocycles. The normalized spacial score (nSPS) is 17.3. The van der Waals surface area contributed by atoms with Crippen LogP contribution in [-0.2, 0) is 21.7 Å². The Bertz CT molecular complexity index is 1640. The minimum atomic E-state index is -2.12. The van der Waals surface area contributed by atoms with Gasteiger partial charge in [-0.3, -0.25) is 14.6 Å². The molecule has 3 aromatic rings. The fourth-order valence-corrected chi connectivity index (χ4v) is 7.12. The summed E-state index contributed by atoms with van der Waals surface area (Å²) < 4.78 is 6.25. The summed E-state index contributed by atoms with van der Waals surface area (Å²) in [7, 11) is 0. The summed E-state index contributed by atoms with van der Waals surface area (Å²) in [5.41, 5.74) is 9.41. The average Bonchev–Trinajstić information content (AvgIpc) is 4.08. The summed E-state index contributed by atoms with van der Waals surface area (Å²) in [6.45, 7) is -0.688. The number of nitrogens with zero attached hydrogens (tertiary/aromatic N) is 2. The third-order valence-corrected chi connectivity index (χ3v) is 10.7. The maximum absolute atomic E-state index is 12.8. The number of para-hydroxylation sites is 1. The molecule has 5 rings (SSSR count). The molecule has 14 heteroatoms. The molecule has 0 spiro atoms. The van der Waals surface area contributed by atoms with Crippen molar-refractivity contribution in [3.63, 3.8) is 0 Å². The van der Waals surface area contributed by atoms with Crippen molar-refractivity contribution in [2.45, 2.75) is 92.4 Å². The first-order valence-corrected chi connectivity index (χ1v) is 18.7. The van der Waals surface area contributed by atoms with Crippen LogP contribution in [0.1, 0.15) is 56.1 Å². The van der Waals surface area contributed by atoms with Crippen LogP contribution in [0.15, 0.2) is 65.8 Å². The highest BCUT2D eigenvalue weighted by atomic mass is 35.5. The third-order valence-electron chi connectivity index (χ3n) is 9.22. The molecule has 0 saturated heterocycles. The van der Waals surface area contributed by atoms with E-state index in [1.165, 1.54) is 0 Å². The largest absolute Gasteiger partial charge is 0.490 e. The van der Waals surface area contributed by atoms with Crippen molar-refractivity contribution < 1.29 is 39.9 Å². The smallest absolute Gasteiger partial charge is 0.254 e.